The van der Waals surface area contributed by atoms with Crippen LogP contribution < -0.4 is 5.32 Å². The predicted molar refractivity (Wildman–Crippen MR) is 85.6 cm³/mol. The molecule has 0 aliphatic heterocycles. The second-order valence-electron chi connectivity index (χ2n) is 4.55. The average Bonchev–Trinajstić information content (AvgIpc) is 2.88. The van der Waals surface area contributed by atoms with Crippen molar-refractivity contribution in [3.8, 4) is 0 Å². The Labute approximate surface area is 126 Å². The van der Waals surface area contributed by atoms with E-state index in [1.165, 1.54) is 15.6 Å². The van der Waals surface area contributed by atoms with Crippen molar-refractivity contribution in [2.75, 3.05) is 19.6 Å². The van der Waals surface area contributed by atoms with Gasteiger partial charge in [0, 0.05) is 24.5 Å². The third-order valence-corrected chi connectivity index (χ3v) is 6.18. The average molecular weight is 316 g/mol. The van der Waals surface area contributed by atoms with Gasteiger partial charge in [0.05, 0.1) is 0 Å². The summed E-state index contributed by atoms with van der Waals surface area (Å²) in [6.07, 6.45) is 3.49. The van der Waals surface area contributed by atoms with Gasteiger partial charge in [0.15, 0.2) is 0 Å². The highest BCUT2D eigenvalue weighted by atomic mass is 32.2. The van der Waals surface area contributed by atoms with Crippen molar-refractivity contribution in [1.82, 2.24) is 9.62 Å². The SMILES string of the molecule is C=CCN(CCC)S(=O)(=O)c1ccc(CNCCC)s1. The van der Waals surface area contributed by atoms with Crippen molar-refractivity contribution in [1.29, 1.82) is 0 Å². The first-order chi connectivity index (χ1) is 9.56. The zero-order valence-corrected chi connectivity index (χ0v) is 13.9. The van der Waals surface area contributed by atoms with Crippen LogP contribution in [0.25, 0.3) is 0 Å². The smallest absolute Gasteiger partial charge is 0.252 e. The van der Waals surface area contributed by atoms with Gasteiger partial charge in [0.2, 0.25) is 0 Å². The maximum Gasteiger partial charge on any atom is 0.252 e. The minimum Gasteiger partial charge on any atom is -0.312 e. The molecule has 1 aromatic rings. The van der Waals surface area contributed by atoms with E-state index < -0.39 is 10.0 Å². The van der Waals surface area contributed by atoms with Crippen LogP contribution in [0.1, 0.15) is 31.6 Å². The number of rotatable bonds is 10. The fourth-order valence-corrected chi connectivity index (χ4v) is 4.79. The van der Waals surface area contributed by atoms with E-state index >= 15 is 0 Å². The molecule has 1 N–H and O–H groups in total. The summed E-state index contributed by atoms with van der Waals surface area (Å²) in [6.45, 7) is 10.3. The van der Waals surface area contributed by atoms with Gasteiger partial charge in [-0.05, 0) is 31.5 Å². The van der Waals surface area contributed by atoms with Gasteiger partial charge < -0.3 is 5.32 Å². The summed E-state index contributed by atoms with van der Waals surface area (Å²) < 4.78 is 26.9. The van der Waals surface area contributed by atoms with E-state index in [4.69, 9.17) is 0 Å². The Morgan fingerprint density at radius 3 is 2.70 bits per heavy atom. The van der Waals surface area contributed by atoms with Crippen molar-refractivity contribution in [2.45, 2.75) is 37.4 Å². The molecule has 0 bridgehead atoms. The Hall–Kier alpha value is -0.690. The van der Waals surface area contributed by atoms with Crippen molar-refractivity contribution in [3.05, 3.63) is 29.7 Å². The Kier molecular flexibility index (Phi) is 7.43. The summed E-state index contributed by atoms with van der Waals surface area (Å²) in [5.41, 5.74) is 0. The zero-order chi connectivity index (χ0) is 15.0. The number of nitrogens with zero attached hydrogens (tertiary/aromatic N) is 1. The van der Waals surface area contributed by atoms with Crippen LogP contribution in [0.5, 0.6) is 0 Å². The van der Waals surface area contributed by atoms with E-state index in [1.807, 2.05) is 13.0 Å². The largest absolute Gasteiger partial charge is 0.312 e. The summed E-state index contributed by atoms with van der Waals surface area (Å²) in [4.78, 5) is 1.05. The Bertz CT molecular complexity index is 509. The normalized spacial score (nSPS) is 11.9. The summed E-state index contributed by atoms with van der Waals surface area (Å²) in [5, 5.41) is 3.28. The molecule has 0 radical (unpaired) electrons. The number of hydrogen-bond donors (Lipinski definition) is 1. The van der Waals surface area contributed by atoms with Crippen LogP contribution in [0.3, 0.4) is 0 Å². The molecule has 0 aromatic carbocycles. The van der Waals surface area contributed by atoms with E-state index in [2.05, 4.69) is 18.8 Å². The van der Waals surface area contributed by atoms with Crippen LogP contribution in [-0.2, 0) is 16.6 Å². The van der Waals surface area contributed by atoms with E-state index in [-0.39, 0.29) is 0 Å². The van der Waals surface area contributed by atoms with Crippen molar-refractivity contribution >= 4 is 21.4 Å². The standard InChI is InChI=1S/C14H24N2O2S2/c1-4-9-15-12-13-7-8-14(19-13)20(17,18)16(10-5-2)11-6-3/h5,7-8,15H,2,4,6,9-12H2,1,3H3. The molecule has 0 fully saturated rings. The van der Waals surface area contributed by atoms with Crippen LogP contribution in [0.15, 0.2) is 29.0 Å². The number of sulfonamides is 1. The molecule has 114 valence electrons. The molecule has 1 heterocycles. The molecule has 1 aromatic heterocycles. The van der Waals surface area contributed by atoms with Crippen LogP contribution >= 0.6 is 11.3 Å². The first kappa shape index (κ1) is 17.4. The molecule has 1 rings (SSSR count). The van der Waals surface area contributed by atoms with Crippen LogP contribution in [0, 0.1) is 0 Å². The van der Waals surface area contributed by atoms with Crippen molar-refractivity contribution < 1.29 is 8.42 Å². The highest BCUT2D eigenvalue weighted by Crippen LogP contribution is 2.25. The van der Waals surface area contributed by atoms with Crippen LogP contribution in [-0.4, -0.2) is 32.4 Å². The second-order valence-corrected chi connectivity index (χ2v) is 7.88. The Morgan fingerprint density at radius 1 is 1.35 bits per heavy atom. The van der Waals surface area contributed by atoms with Gasteiger partial charge in [0.1, 0.15) is 4.21 Å². The molecular weight excluding hydrogens is 292 g/mol. The van der Waals surface area contributed by atoms with Crippen LogP contribution in [0.4, 0.5) is 0 Å². The zero-order valence-electron chi connectivity index (χ0n) is 12.3. The fourth-order valence-electron chi connectivity index (χ4n) is 1.81. The maximum absolute atomic E-state index is 12.5. The Morgan fingerprint density at radius 2 is 2.10 bits per heavy atom. The fraction of sp³-hybridized carbons (Fsp3) is 0.571. The third-order valence-electron chi connectivity index (χ3n) is 2.76. The number of hydrogen-bond acceptors (Lipinski definition) is 4. The molecule has 0 saturated heterocycles. The molecule has 6 heteroatoms. The lowest BCUT2D eigenvalue weighted by atomic mass is 10.4. The maximum atomic E-state index is 12.5. The molecule has 0 spiro atoms. The minimum atomic E-state index is -3.38. The lowest BCUT2D eigenvalue weighted by Gasteiger charge is -2.18. The molecule has 0 aliphatic carbocycles. The van der Waals surface area contributed by atoms with Crippen molar-refractivity contribution in [2.24, 2.45) is 0 Å². The molecule has 4 nitrogen and oxygen atoms in total. The van der Waals surface area contributed by atoms with Gasteiger partial charge >= 0.3 is 0 Å². The monoisotopic (exact) mass is 316 g/mol. The van der Waals surface area contributed by atoms with E-state index in [1.54, 1.807) is 12.1 Å². The second kappa shape index (κ2) is 8.56. The highest BCUT2D eigenvalue weighted by molar-refractivity contribution is 7.91. The van der Waals surface area contributed by atoms with E-state index in [0.717, 1.165) is 30.8 Å². The van der Waals surface area contributed by atoms with Gasteiger partial charge in [-0.25, -0.2) is 8.42 Å². The van der Waals surface area contributed by atoms with Gasteiger partial charge in [-0.15, -0.1) is 17.9 Å². The number of nitrogens with one attached hydrogen (secondary N) is 1. The molecule has 20 heavy (non-hydrogen) atoms. The van der Waals surface area contributed by atoms with Crippen LogP contribution in [0.2, 0.25) is 0 Å². The molecule has 0 amide bonds. The molecule has 0 saturated carbocycles. The summed E-state index contributed by atoms with van der Waals surface area (Å²) in [7, 11) is -3.38. The Balaban J connectivity index is 2.83. The molecule has 0 aliphatic rings. The minimum absolute atomic E-state index is 0.359. The first-order valence-corrected chi connectivity index (χ1v) is 9.22. The van der Waals surface area contributed by atoms with E-state index in [9.17, 15) is 8.42 Å². The highest BCUT2D eigenvalue weighted by Gasteiger charge is 2.24. The first-order valence-electron chi connectivity index (χ1n) is 6.96. The quantitative estimate of drug-likeness (QED) is 0.533. The molecular formula is C14H24N2O2S2. The van der Waals surface area contributed by atoms with Crippen molar-refractivity contribution in [3.63, 3.8) is 0 Å². The lowest BCUT2D eigenvalue weighted by Crippen LogP contribution is -2.31. The predicted octanol–water partition coefficient (Wildman–Crippen LogP) is 2.83. The third kappa shape index (κ3) is 4.70. The molecule has 0 atom stereocenters. The number of thiophene rings is 1. The van der Waals surface area contributed by atoms with Gasteiger partial charge in [-0.2, -0.15) is 4.31 Å². The summed E-state index contributed by atoms with van der Waals surface area (Å²) in [6, 6.07) is 3.59. The van der Waals surface area contributed by atoms with E-state index in [0.29, 0.717) is 17.3 Å². The summed E-state index contributed by atoms with van der Waals surface area (Å²) >= 11 is 1.34. The van der Waals surface area contributed by atoms with Gasteiger partial charge in [-0.1, -0.05) is 19.9 Å². The van der Waals surface area contributed by atoms with Gasteiger partial charge in [0.25, 0.3) is 10.0 Å². The topological polar surface area (TPSA) is 49.4 Å². The van der Waals surface area contributed by atoms with Gasteiger partial charge in [-0.3, -0.25) is 0 Å². The molecule has 0 unspecified atom stereocenters. The lowest BCUT2D eigenvalue weighted by molar-refractivity contribution is 0.443. The summed E-state index contributed by atoms with van der Waals surface area (Å²) in [5.74, 6) is 0.